The number of rotatable bonds is 3. The zero-order valence-corrected chi connectivity index (χ0v) is 9.18. The molecule has 1 saturated heterocycles. The Morgan fingerprint density at radius 1 is 1.53 bits per heavy atom. The van der Waals surface area contributed by atoms with Crippen LogP contribution in [-0.2, 0) is 4.74 Å². The van der Waals surface area contributed by atoms with Gasteiger partial charge in [0.25, 0.3) is 0 Å². The lowest BCUT2D eigenvalue weighted by Crippen LogP contribution is -2.33. The molecule has 3 unspecified atom stereocenters. The predicted octanol–water partition coefficient (Wildman–Crippen LogP) is 1.16. The molecule has 0 saturated carbocycles. The minimum atomic E-state index is 0.149. The molecule has 0 amide bonds. The third-order valence-electron chi connectivity index (χ3n) is 2.99. The summed E-state index contributed by atoms with van der Waals surface area (Å²) in [6, 6.07) is 0.149. The summed E-state index contributed by atoms with van der Waals surface area (Å²) in [5.41, 5.74) is 0.957. The molecule has 1 aliphatic rings. The average Bonchev–Trinajstić information content (AvgIpc) is 2.68. The van der Waals surface area contributed by atoms with Gasteiger partial charge < -0.3 is 10.1 Å². The largest absolute Gasteiger partial charge is 0.376 e. The van der Waals surface area contributed by atoms with Crippen LogP contribution in [0.4, 0.5) is 0 Å². The van der Waals surface area contributed by atoms with Crippen molar-refractivity contribution in [1.82, 2.24) is 15.3 Å². The van der Waals surface area contributed by atoms with Crippen LogP contribution in [0.1, 0.15) is 25.1 Å². The summed E-state index contributed by atoms with van der Waals surface area (Å²) in [6.45, 7) is 3.07. The van der Waals surface area contributed by atoms with E-state index in [2.05, 4.69) is 22.2 Å². The molecule has 4 heteroatoms. The summed E-state index contributed by atoms with van der Waals surface area (Å²) < 4.78 is 5.74. The summed E-state index contributed by atoms with van der Waals surface area (Å²) in [4.78, 5) is 8.42. The Kier molecular flexibility index (Phi) is 3.28. The standard InChI is InChI=1S/C11H17N3O/c1-8-3-6-15-11(8)10(12-2)9-7-13-4-5-14-9/h4-5,7-8,10-12H,3,6H2,1-2H3. The van der Waals surface area contributed by atoms with Crippen LogP contribution >= 0.6 is 0 Å². The Morgan fingerprint density at radius 2 is 2.40 bits per heavy atom. The van der Waals surface area contributed by atoms with Gasteiger partial charge in [-0.3, -0.25) is 9.97 Å². The number of aromatic nitrogens is 2. The number of ether oxygens (including phenoxy) is 1. The van der Waals surface area contributed by atoms with E-state index < -0.39 is 0 Å². The SMILES string of the molecule is CNC(c1cnccn1)C1OCCC1C. The molecule has 1 aliphatic heterocycles. The second-order valence-electron chi connectivity index (χ2n) is 4.00. The van der Waals surface area contributed by atoms with Crippen molar-refractivity contribution in [1.29, 1.82) is 0 Å². The third kappa shape index (κ3) is 2.16. The van der Waals surface area contributed by atoms with Gasteiger partial charge in [0.05, 0.1) is 24.0 Å². The molecule has 0 aromatic carbocycles. The normalized spacial score (nSPS) is 27.9. The van der Waals surface area contributed by atoms with Gasteiger partial charge in [-0.1, -0.05) is 6.92 Å². The fraction of sp³-hybridized carbons (Fsp3) is 0.636. The summed E-state index contributed by atoms with van der Waals surface area (Å²) >= 11 is 0. The van der Waals surface area contributed by atoms with Crippen molar-refractivity contribution < 1.29 is 4.74 Å². The lowest BCUT2D eigenvalue weighted by atomic mass is 9.96. The highest BCUT2D eigenvalue weighted by Crippen LogP contribution is 2.29. The molecule has 0 bridgehead atoms. The molecule has 3 atom stereocenters. The van der Waals surface area contributed by atoms with Crippen LogP contribution in [0.5, 0.6) is 0 Å². The van der Waals surface area contributed by atoms with E-state index >= 15 is 0 Å². The van der Waals surface area contributed by atoms with Crippen LogP contribution in [0.3, 0.4) is 0 Å². The molecule has 0 radical (unpaired) electrons. The predicted molar refractivity (Wildman–Crippen MR) is 57.4 cm³/mol. The Balaban J connectivity index is 2.17. The van der Waals surface area contributed by atoms with Crippen molar-refractivity contribution in [2.75, 3.05) is 13.7 Å². The van der Waals surface area contributed by atoms with E-state index in [-0.39, 0.29) is 12.1 Å². The maximum Gasteiger partial charge on any atom is 0.0811 e. The van der Waals surface area contributed by atoms with Crippen LogP contribution in [-0.4, -0.2) is 29.7 Å². The number of nitrogens with one attached hydrogen (secondary N) is 1. The molecule has 4 nitrogen and oxygen atoms in total. The van der Waals surface area contributed by atoms with Crippen molar-refractivity contribution in [3.05, 3.63) is 24.3 Å². The summed E-state index contributed by atoms with van der Waals surface area (Å²) in [6.07, 6.45) is 6.55. The molecule has 1 aromatic heterocycles. The first kappa shape index (κ1) is 10.5. The van der Waals surface area contributed by atoms with Gasteiger partial charge in [0.15, 0.2) is 0 Å². The Morgan fingerprint density at radius 3 is 2.93 bits per heavy atom. The van der Waals surface area contributed by atoms with E-state index in [0.29, 0.717) is 5.92 Å². The molecule has 1 aromatic rings. The molecule has 1 fully saturated rings. The smallest absolute Gasteiger partial charge is 0.0811 e. The molecule has 2 heterocycles. The Hall–Kier alpha value is -1.00. The number of nitrogens with zero attached hydrogens (tertiary/aromatic N) is 2. The van der Waals surface area contributed by atoms with Gasteiger partial charge in [0.1, 0.15) is 0 Å². The average molecular weight is 207 g/mol. The molecule has 2 rings (SSSR count). The van der Waals surface area contributed by atoms with Crippen LogP contribution in [0.2, 0.25) is 0 Å². The minimum absolute atomic E-state index is 0.149. The van der Waals surface area contributed by atoms with E-state index in [4.69, 9.17) is 4.74 Å². The van der Waals surface area contributed by atoms with E-state index in [1.54, 1.807) is 18.6 Å². The molecule has 1 N–H and O–H groups in total. The molecule has 15 heavy (non-hydrogen) atoms. The van der Waals surface area contributed by atoms with Crippen LogP contribution in [0.25, 0.3) is 0 Å². The fourth-order valence-electron chi connectivity index (χ4n) is 2.09. The lowest BCUT2D eigenvalue weighted by Gasteiger charge is -2.24. The fourth-order valence-corrected chi connectivity index (χ4v) is 2.09. The van der Waals surface area contributed by atoms with Gasteiger partial charge in [0, 0.05) is 19.0 Å². The summed E-state index contributed by atoms with van der Waals surface area (Å²) in [7, 11) is 1.94. The zero-order chi connectivity index (χ0) is 10.7. The highest BCUT2D eigenvalue weighted by atomic mass is 16.5. The van der Waals surface area contributed by atoms with Crippen molar-refractivity contribution in [3.63, 3.8) is 0 Å². The second-order valence-corrected chi connectivity index (χ2v) is 4.00. The van der Waals surface area contributed by atoms with Gasteiger partial charge in [-0.25, -0.2) is 0 Å². The quantitative estimate of drug-likeness (QED) is 0.808. The second kappa shape index (κ2) is 4.68. The van der Waals surface area contributed by atoms with Crippen molar-refractivity contribution >= 4 is 0 Å². The number of hydrogen-bond acceptors (Lipinski definition) is 4. The Labute approximate surface area is 90.1 Å². The maximum atomic E-state index is 5.74. The molecular weight excluding hydrogens is 190 g/mol. The monoisotopic (exact) mass is 207 g/mol. The third-order valence-corrected chi connectivity index (χ3v) is 2.99. The van der Waals surface area contributed by atoms with E-state index in [1.165, 1.54) is 0 Å². The van der Waals surface area contributed by atoms with Crippen LogP contribution < -0.4 is 5.32 Å². The summed E-state index contributed by atoms with van der Waals surface area (Å²) in [5.74, 6) is 0.574. The molecule has 0 aliphatic carbocycles. The van der Waals surface area contributed by atoms with Crippen LogP contribution in [0.15, 0.2) is 18.6 Å². The molecule has 82 valence electrons. The zero-order valence-electron chi connectivity index (χ0n) is 9.18. The maximum absolute atomic E-state index is 5.74. The highest BCUT2D eigenvalue weighted by molar-refractivity contribution is 5.06. The van der Waals surface area contributed by atoms with E-state index in [1.807, 2.05) is 7.05 Å². The first-order valence-corrected chi connectivity index (χ1v) is 5.37. The first-order chi connectivity index (χ1) is 7.33. The first-order valence-electron chi connectivity index (χ1n) is 5.37. The molecular formula is C11H17N3O. The number of likely N-dealkylation sites (N-methyl/N-ethyl adjacent to an activating group) is 1. The van der Waals surface area contributed by atoms with Gasteiger partial charge in [-0.15, -0.1) is 0 Å². The van der Waals surface area contributed by atoms with Crippen LogP contribution in [0, 0.1) is 5.92 Å². The van der Waals surface area contributed by atoms with Crippen molar-refractivity contribution in [3.8, 4) is 0 Å². The van der Waals surface area contributed by atoms with E-state index in [9.17, 15) is 0 Å². The van der Waals surface area contributed by atoms with Gasteiger partial charge >= 0.3 is 0 Å². The summed E-state index contributed by atoms with van der Waals surface area (Å²) in [5, 5.41) is 3.26. The highest BCUT2D eigenvalue weighted by Gasteiger charge is 2.32. The number of hydrogen-bond donors (Lipinski definition) is 1. The van der Waals surface area contributed by atoms with Gasteiger partial charge in [0.2, 0.25) is 0 Å². The van der Waals surface area contributed by atoms with Gasteiger partial charge in [-0.05, 0) is 19.4 Å². The molecule has 0 spiro atoms. The van der Waals surface area contributed by atoms with Gasteiger partial charge in [-0.2, -0.15) is 0 Å². The van der Waals surface area contributed by atoms with E-state index in [0.717, 1.165) is 18.7 Å². The van der Waals surface area contributed by atoms with Crippen molar-refractivity contribution in [2.45, 2.75) is 25.5 Å². The van der Waals surface area contributed by atoms with Crippen molar-refractivity contribution in [2.24, 2.45) is 5.92 Å². The Bertz CT molecular complexity index is 304. The minimum Gasteiger partial charge on any atom is -0.376 e. The topological polar surface area (TPSA) is 47.0 Å². The lowest BCUT2D eigenvalue weighted by molar-refractivity contribution is 0.0617.